The van der Waals surface area contributed by atoms with Gasteiger partial charge in [0.1, 0.15) is 17.2 Å². The van der Waals surface area contributed by atoms with Crippen LogP contribution in [0.2, 0.25) is 0 Å². The maximum absolute atomic E-state index is 13.1. The van der Waals surface area contributed by atoms with Gasteiger partial charge in [-0.25, -0.2) is 4.39 Å². The van der Waals surface area contributed by atoms with E-state index in [0.717, 1.165) is 27.9 Å². The van der Waals surface area contributed by atoms with E-state index in [1.807, 2.05) is 13.8 Å². The smallest absolute Gasteiger partial charge is 0.137 e. The molecule has 0 aliphatic rings. The van der Waals surface area contributed by atoms with Gasteiger partial charge in [0.05, 0.1) is 6.54 Å². The highest BCUT2D eigenvalue weighted by Gasteiger charge is 2.11. The molecule has 0 fully saturated rings. The van der Waals surface area contributed by atoms with E-state index in [9.17, 15) is 4.39 Å². The first-order chi connectivity index (χ1) is 6.63. The van der Waals surface area contributed by atoms with Gasteiger partial charge in [-0.1, -0.05) is 0 Å². The molecule has 1 heterocycles. The molecule has 3 heteroatoms. The van der Waals surface area contributed by atoms with Gasteiger partial charge in [0.15, 0.2) is 0 Å². The van der Waals surface area contributed by atoms with Gasteiger partial charge in [-0.2, -0.15) is 0 Å². The van der Waals surface area contributed by atoms with Crippen molar-refractivity contribution in [3.63, 3.8) is 0 Å². The third-order valence-electron chi connectivity index (χ3n) is 2.47. The maximum atomic E-state index is 13.1. The zero-order valence-corrected chi connectivity index (χ0v) is 8.23. The molecule has 0 bridgehead atoms. The van der Waals surface area contributed by atoms with E-state index in [4.69, 9.17) is 10.2 Å². The molecule has 74 valence electrons. The van der Waals surface area contributed by atoms with Crippen LogP contribution in [0.1, 0.15) is 16.9 Å². The first kappa shape index (κ1) is 9.21. The summed E-state index contributed by atoms with van der Waals surface area (Å²) in [7, 11) is 0. The minimum absolute atomic E-state index is 0.234. The Bertz CT molecular complexity index is 487. The van der Waals surface area contributed by atoms with Crippen LogP contribution in [0, 0.1) is 19.7 Å². The zero-order valence-electron chi connectivity index (χ0n) is 8.23. The predicted molar refractivity (Wildman–Crippen MR) is 53.5 cm³/mol. The third-order valence-corrected chi connectivity index (χ3v) is 2.47. The van der Waals surface area contributed by atoms with Gasteiger partial charge in [-0.05, 0) is 37.1 Å². The fourth-order valence-electron chi connectivity index (χ4n) is 1.69. The van der Waals surface area contributed by atoms with Crippen molar-refractivity contribution < 1.29 is 8.81 Å². The van der Waals surface area contributed by atoms with Crippen LogP contribution in [0.15, 0.2) is 16.5 Å². The molecular weight excluding hydrogens is 181 g/mol. The van der Waals surface area contributed by atoms with Crippen LogP contribution in [-0.2, 0) is 6.54 Å². The normalized spacial score (nSPS) is 11.1. The van der Waals surface area contributed by atoms with Gasteiger partial charge in [0.2, 0.25) is 0 Å². The predicted octanol–water partition coefficient (Wildman–Crippen LogP) is 2.65. The number of fused-ring (bicyclic) bond motifs is 1. The number of hydrogen-bond donors (Lipinski definition) is 1. The van der Waals surface area contributed by atoms with Crippen LogP contribution >= 0.6 is 0 Å². The maximum Gasteiger partial charge on any atom is 0.137 e. The second-order valence-electron chi connectivity index (χ2n) is 3.45. The molecule has 0 saturated carbocycles. The van der Waals surface area contributed by atoms with Gasteiger partial charge in [0.25, 0.3) is 0 Å². The summed E-state index contributed by atoms with van der Waals surface area (Å²) in [5.41, 5.74) is 8.00. The van der Waals surface area contributed by atoms with E-state index in [-0.39, 0.29) is 5.82 Å². The molecule has 0 saturated heterocycles. The lowest BCUT2D eigenvalue weighted by atomic mass is 10.1. The summed E-state index contributed by atoms with van der Waals surface area (Å²) in [6, 6.07) is 2.95. The molecule has 0 atom stereocenters. The van der Waals surface area contributed by atoms with Crippen LogP contribution in [0.3, 0.4) is 0 Å². The number of hydrogen-bond acceptors (Lipinski definition) is 2. The van der Waals surface area contributed by atoms with E-state index >= 15 is 0 Å². The highest BCUT2D eigenvalue weighted by Crippen LogP contribution is 2.28. The highest BCUT2D eigenvalue weighted by atomic mass is 19.1. The molecule has 2 nitrogen and oxygen atoms in total. The van der Waals surface area contributed by atoms with Gasteiger partial charge in [-0.15, -0.1) is 0 Å². The fraction of sp³-hybridized carbons (Fsp3) is 0.273. The second kappa shape index (κ2) is 3.10. The Morgan fingerprint density at radius 1 is 1.36 bits per heavy atom. The lowest BCUT2D eigenvalue weighted by molar-refractivity contribution is 0.545. The monoisotopic (exact) mass is 193 g/mol. The minimum Gasteiger partial charge on any atom is -0.459 e. The molecule has 0 amide bonds. The molecule has 0 radical (unpaired) electrons. The first-order valence-corrected chi connectivity index (χ1v) is 4.51. The van der Waals surface area contributed by atoms with Gasteiger partial charge in [0, 0.05) is 5.39 Å². The molecule has 0 aliphatic carbocycles. The summed E-state index contributed by atoms with van der Waals surface area (Å²) < 4.78 is 18.7. The number of benzene rings is 1. The Labute approximate surface area is 81.5 Å². The SMILES string of the molecule is Cc1c(CN)oc2c(C)cc(F)cc12. The Hall–Kier alpha value is -1.35. The van der Waals surface area contributed by atoms with E-state index in [1.165, 1.54) is 12.1 Å². The summed E-state index contributed by atoms with van der Waals surface area (Å²) in [5.74, 6) is 0.496. The van der Waals surface area contributed by atoms with Crippen LogP contribution in [0.5, 0.6) is 0 Å². The number of nitrogens with two attached hydrogens (primary N) is 1. The Balaban J connectivity index is 2.85. The van der Waals surface area contributed by atoms with Crippen LogP contribution in [-0.4, -0.2) is 0 Å². The van der Waals surface area contributed by atoms with E-state index < -0.39 is 0 Å². The van der Waals surface area contributed by atoms with Crippen LogP contribution < -0.4 is 5.73 Å². The van der Waals surface area contributed by atoms with Gasteiger partial charge >= 0.3 is 0 Å². The Morgan fingerprint density at radius 2 is 2.07 bits per heavy atom. The highest BCUT2D eigenvalue weighted by molar-refractivity contribution is 5.84. The number of halogens is 1. The molecule has 2 aromatic rings. The molecule has 0 spiro atoms. The lowest BCUT2D eigenvalue weighted by Gasteiger charge is -1.94. The second-order valence-corrected chi connectivity index (χ2v) is 3.45. The van der Waals surface area contributed by atoms with E-state index in [1.54, 1.807) is 0 Å². The number of aryl methyl sites for hydroxylation is 2. The molecule has 0 aliphatic heterocycles. The molecule has 1 aromatic heterocycles. The summed E-state index contributed by atoms with van der Waals surface area (Å²) in [6.07, 6.45) is 0. The zero-order chi connectivity index (χ0) is 10.3. The van der Waals surface area contributed by atoms with Crippen LogP contribution in [0.4, 0.5) is 4.39 Å². The number of rotatable bonds is 1. The quantitative estimate of drug-likeness (QED) is 0.756. The van der Waals surface area contributed by atoms with Crippen LogP contribution in [0.25, 0.3) is 11.0 Å². The minimum atomic E-state index is -0.234. The average Bonchev–Trinajstić information content (AvgIpc) is 2.44. The van der Waals surface area contributed by atoms with Crippen molar-refractivity contribution >= 4 is 11.0 Å². The summed E-state index contributed by atoms with van der Waals surface area (Å²) in [6.45, 7) is 4.07. The fourth-order valence-corrected chi connectivity index (χ4v) is 1.69. The first-order valence-electron chi connectivity index (χ1n) is 4.51. The average molecular weight is 193 g/mol. The molecule has 2 N–H and O–H groups in total. The summed E-state index contributed by atoms with van der Waals surface area (Å²) in [5, 5.41) is 0.822. The molecule has 0 unspecified atom stereocenters. The largest absolute Gasteiger partial charge is 0.459 e. The Kier molecular flexibility index (Phi) is 2.04. The van der Waals surface area contributed by atoms with Gasteiger partial charge in [-0.3, -0.25) is 0 Å². The van der Waals surface area contributed by atoms with Crippen molar-refractivity contribution in [2.24, 2.45) is 5.73 Å². The Morgan fingerprint density at radius 3 is 2.71 bits per heavy atom. The summed E-state index contributed by atoms with van der Waals surface area (Å²) in [4.78, 5) is 0. The standard InChI is InChI=1S/C11H12FNO/c1-6-3-8(12)4-9-7(2)10(5-13)14-11(6)9/h3-4H,5,13H2,1-2H3. The van der Waals surface area contributed by atoms with Crippen molar-refractivity contribution in [3.8, 4) is 0 Å². The van der Waals surface area contributed by atoms with Crippen molar-refractivity contribution in [3.05, 3.63) is 34.8 Å². The van der Waals surface area contributed by atoms with E-state index in [2.05, 4.69) is 0 Å². The molecular formula is C11H12FNO. The third kappa shape index (κ3) is 1.21. The molecule has 1 aromatic carbocycles. The lowest BCUT2D eigenvalue weighted by Crippen LogP contribution is -1.95. The van der Waals surface area contributed by atoms with E-state index in [0.29, 0.717) is 6.54 Å². The topological polar surface area (TPSA) is 39.2 Å². The van der Waals surface area contributed by atoms with Crippen molar-refractivity contribution in [2.45, 2.75) is 20.4 Å². The molecule has 2 rings (SSSR count). The summed E-state index contributed by atoms with van der Waals surface area (Å²) >= 11 is 0. The van der Waals surface area contributed by atoms with Gasteiger partial charge < -0.3 is 10.2 Å². The number of furan rings is 1. The van der Waals surface area contributed by atoms with Crippen molar-refractivity contribution in [1.82, 2.24) is 0 Å². The van der Waals surface area contributed by atoms with Crippen molar-refractivity contribution in [2.75, 3.05) is 0 Å². The van der Waals surface area contributed by atoms with Crippen molar-refractivity contribution in [1.29, 1.82) is 0 Å². The molecule has 14 heavy (non-hydrogen) atoms.